The summed E-state index contributed by atoms with van der Waals surface area (Å²) in [5.41, 5.74) is 2.21. The Hall–Kier alpha value is -1.74. The van der Waals surface area contributed by atoms with Crippen molar-refractivity contribution in [1.82, 2.24) is 9.97 Å². The number of hydrogen-bond acceptors (Lipinski definition) is 4. The third kappa shape index (κ3) is 2.98. The molecule has 1 aliphatic rings. The van der Waals surface area contributed by atoms with E-state index in [-0.39, 0.29) is 18.9 Å². The van der Waals surface area contributed by atoms with Gasteiger partial charge in [0.1, 0.15) is 0 Å². The molecule has 2 heterocycles. The Labute approximate surface area is 125 Å². The third-order valence-electron chi connectivity index (χ3n) is 3.45. The maximum Gasteiger partial charge on any atom is 0.302 e. The van der Waals surface area contributed by atoms with Crippen LogP contribution in [-0.4, -0.2) is 36.6 Å². The second-order valence-electron chi connectivity index (χ2n) is 5.09. The highest BCUT2D eigenvalue weighted by Gasteiger charge is 2.33. The summed E-state index contributed by atoms with van der Waals surface area (Å²) in [6, 6.07) is 5.28. The van der Waals surface area contributed by atoms with Crippen LogP contribution in [0.4, 0.5) is 9.57 Å². The van der Waals surface area contributed by atoms with Crippen LogP contribution >= 0.6 is 12.2 Å². The van der Waals surface area contributed by atoms with Crippen LogP contribution in [0.15, 0.2) is 18.2 Å². The Morgan fingerprint density at radius 3 is 2.76 bits per heavy atom. The van der Waals surface area contributed by atoms with Crippen molar-refractivity contribution in [3.8, 4) is 0 Å². The Balaban J connectivity index is 1.88. The second kappa shape index (κ2) is 4.92. The van der Waals surface area contributed by atoms with Gasteiger partial charge in [-0.1, -0.05) is 0 Å². The van der Waals surface area contributed by atoms with Crippen LogP contribution in [0.25, 0.3) is 11.0 Å². The van der Waals surface area contributed by atoms with Crippen LogP contribution < -0.4 is 4.90 Å². The van der Waals surface area contributed by atoms with Crippen molar-refractivity contribution >= 4 is 45.1 Å². The zero-order valence-electron chi connectivity index (χ0n) is 10.8. The summed E-state index contributed by atoms with van der Waals surface area (Å²) in [5, 5.41) is 0. The fraction of sp³-hybridized carbons (Fsp3) is 0.333. The zero-order chi connectivity index (χ0) is 15.2. The van der Waals surface area contributed by atoms with E-state index in [2.05, 4.69) is 9.97 Å². The van der Waals surface area contributed by atoms with Crippen LogP contribution in [0.5, 0.6) is 0 Å². The summed E-state index contributed by atoms with van der Waals surface area (Å²) < 4.78 is 34.6. The molecule has 1 fully saturated rings. The van der Waals surface area contributed by atoms with Crippen molar-refractivity contribution in [1.29, 1.82) is 0 Å². The molecule has 21 heavy (non-hydrogen) atoms. The van der Waals surface area contributed by atoms with Crippen molar-refractivity contribution in [3.63, 3.8) is 0 Å². The van der Waals surface area contributed by atoms with Gasteiger partial charge in [-0.25, -0.2) is 0 Å². The van der Waals surface area contributed by atoms with Gasteiger partial charge in [0, 0.05) is 24.6 Å². The standard InChI is InChI=1S/C12H12FN3O3S2/c13-21(18,19)6-7-3-11(17)16(5-7)8-1-2-9-10(4-8)15-12(20)14-9/h1-2,4,7H,3,5-6H2,(H2,14,15,20). The molecule has 1 amide bonds. The summed E-state index contributed by atoms with van der Waals surface area (Å²) in [6.07, 6.45) is 0.0321. The fourth-order valence-corrected chi connectivity index (χ4v) is 3.62. The molecule has 1 aromatic carbocycles. The summed E-state index contributed by atoms with van der Waals surface area (Å²) in [4.78, 5) is 19.4. The number of imidazole rings is 1. The second-order valence-corrected chi connectivity index (χ2v) is 6.91. The molecule has 0 saturated carbocycles. The van der Waals surface area contributed by atoms with Crippen molar-refractivity contribution in [2.75, 3.05) is 17.2 Å². The van der Waals surface area contributed by atoms with Crippen molar-refractivity contribution < 1.29 is 17.1 Å². The van der Waals surface area contributed by atoms with E-state index in [1.54, 1.807) is 18.2 Å². The van der Waals surface area contributed by atoms with Gasteiger partial charge in [-0.2, -0.15) is 8.42 Å². The molecule has 6 nitrogen and oxygen atoms in total. The van der Waals surface area contributed by atoms with E-state index >= 15 is 0 Å². The minimum absolute atomic E-state index is 0.0321. The highest BCUT2D eigenvalue weighted by molar-refractivity contribution is 7.86. The van der Waals surface area contributed by atoms with Crippen molar-refractivity contribution in [2.45, 2.75) is 6.42 Å². The van der Waals surface area contributed by atoms with E-state index in [4.69, 9.17) is 12.2 Å². The van der Waals surface area contributed by atoms with Gasteiger partial charge in [-0.3, -0.25) is 4.79 Å². The number of nitrogens with zero attached hydrogens (tertiary/aromatic N) is 1. The number of amides is 1. The summed E-state index contributed by atoms with van der Waals surface area (Å²) in [6.45, 7) is 0.193. The number of anilines is 1. The lowest BCUT2D eigenvalue weighted by molar-refractivity contribution is -0.117. The zero-order valence-corrected chi connectivity index (χ0v) is 12.4. The lowest BCUT2D eigenvalue weighted by Gasteiger charge is -2.16. The van der Waals surface area contributed by atoms with Gasteiger partial charge in [-0.15, -0.1) is 3.89 Å². The number of hydrogen-bond donors (Lipinski definition) is 2. The molecule has 0 aliphatic carbocycles. The lowest BCUT2D eigenvalue weighted by atomic mass is 10.1. The van der Waals surface area contributed by atoms with Crippen molar-refractivity contribution in [2.24, 2.45) is 5.92 Å². The number of aromatic amines is 2. The number of nitrogens with one attached hydrogen (secondary N) is 2. The number of aromatic nitrogens is 2. The van der Waals surface area contributed by atoms with Crippen LogP contribution in [0.3, 0.4) is 0 Å². The normalized spacial score (nSPS) is 19.6. The largest absolute Gasteiger partial charge is 0.331 e. The maximum atomic E-state index is 12.7. The Kier molecular flexibility index (Phi) is 3.33. The van der Waals surface area contributed by atoms with E-state index in [9.17, 15) is 17.1 Å². The quantitative estimate of drug-likeness (QED) is 0.665. The molecule has 2 aromatic rings. The van der Waals surface area contributed by atoms with Crippen LogP contribution in [0.2, 0.25) is 0 Å². The topological polar surface area (TPSA) is 86.0 Å². The maximum absolute atomic E-state index is 12.7. The number of rotatable bonds is 3. The first-order chi connectivity index (χ1) is 9.82. The van der Waals surface area contributed by atoms with E-state index in [1.165, 1.54) is 4.90 Å². The Morgan fingerprint density at radius 1 is 1.33 bits per heavy atom. The molecule has 1 unspecified atom stereocenters. The van der Waals surface area contributed by atoms with E-state index in [0.717, 1.165) is 11.0 Å². The Bertz CT molecular complexity index is 871. The van der Waals surface area contributed by atoms with Crippen LogP contribution in [-0.2, 0) is 15.0 Å². The number of H-pyrrole nitrogens is 2. The SMILES string of the molecule is O=C1CC(CS(=O)(=O)F)CN1c1ccc2[nH]c(=S)[nH]c2c1. The molecule has 0 spiro atoms. The molecule has 1 saturated heterocycles. The molecule has 0 radical (unpaired) electrons. The van der Waals surface area contributed by atoms with Gasteiger partial charge in [0.2, 0.25) is 5.91 Å². The molecule has 112 valence electrons. The van der Waals surface area contributed by atoms with E-state index in [0.29, 0.717) is 10.5 Å². The van der Waals surface area contributed by atoms with Crippen LogP contribution in [0, 0.1) is 10.7 Å². The first-order valence-corrected chi connectivity index (χ1v) is 8.23. The highest BCUT2D eigenvalue weighted by Crippen LogP contribution is 2.28. The number of fused-ring (bicyclic) bond motifs is 1. The summed E-state index contributed by atoms with van der Waals surface area (Å²) in [5.74, 6) is -1.35. The average molecular weight is 329 g/mol. The first kappa shape index (κ1) is 14.2. The average Bonchev–Trinajstić information content (AvgIpc) is 2.88. The van der Waals surface area contributed by atoms with Gasteiger partial charge in [0.25, 0.3) is 0 Å². The van der Waals surface area contributed by atoms with Crippen molar-refractivity contribution in [3.05, 3.63) is 23.0 Å². The molecule has 3 rings (SSSR count). The van der Waals surface area contributed by atoms with Gasteiger partial charge in [-0.05, 0) is 30.4 Å². The Morgan fingerprint density at radius 2 is 2.05 bits per heavy atom. The van der Waals surface area contributed by atoms with Gasteiger partial charge in [0.15, 0.2) is 4.77 Å². The molecular weight excluding hydrogens is 317 g/mol. The highest BCUT2D eigenvalue weighted by atomic mass is 32.3. The van der Waals surface area contributed by atoms with Gasteiger partial charge < -0.3 is 14.9 Å². The summed E-state index contributed by atoms with van der Waals surface area (Å²) >= 11 is 4.99. The molecule has 1 aliphatic heterocycles. The monoisotopic (exact) mass is 329 g/mol. The smallest absolute Gasteiger partial charge is 0.302 e. The number of benzene rings is 1. The third-order valence-corrected chi connectivity index (χ3v) is 4.52. The molecule has 2 N–H and O–H groups in total. The minimum Gasteiger partial charge on any atom is -0.331 e. The lowest BCUT2D eigenvalue weighted by Crippen LogP contribution is -2.25. The molecular formula is C12H12FN3O3S2. The molecule has 9 heteroatoms. The fourth-order valence-electron chi connectivity index (χ4n) is 2.61. The predicted octanol–water partition coefficient (Wildman–Crippen LogP) is 1.88. The van der Waals surface area contributed by atoms with E-state index in [1.807, 2.05) is 0 Å². The van der Waals surface area contributed by atoms with Crippen LogP contribution in [0.1, 0.15) is 6.42 Å². The number of halogens is 1. The number of carbonyl (C=O) groups excluding carboxylic acids is 1. The predicted molar refractivity (Wildman–Crippen MR) is 78.8 cm³/mol. The summed E-state index contributed by atoms with van der Waals surface area (Å²) in [7, 11) is -4.57. The molecule has 1 aromatic heterocycles. The molecule has 1 atom stereocenters. The van der Waals surface area contributed by atoms with Gasteiger partial charge >= 0.3 is 10.2 Å². The van der Waals surface area contributed by atoms with Gasteiger partial charge in [0.05, 0.1) is 16.8 Å². The molecule has 0 bridgehead atoms. The first-order valence-electron chi connectivity index (χ1n) is 6.26. The number of carbonyl (C=O) groups is 1. The van der Waals surface area contributed by atoms with E-state index < -0.39 is 21.9 Å². The minimum atomic E-state index is -4.57.